The van der Waals surface area contributed by atoms with Crippen LogP contribution in [-0.2, 0) is 19.4 Å². The van der Waals surface area contributed by atoms with Gasteiger partial charge in [0, 0.05) is 29.2 Å². The lowest BCUT2D eigenvalue weighted by molar-refractivity contribution is 0.0775. The number of rotatable bonds is 3. The molecule has 0 fully saturated rings. The third kappa shape index (κ3) is 2.54. The van der Waals surface area contributed by atoms with Crippen molar-refractivity contribution in [1.82, 2.24) is 9.88 Å². The maximum absolute atomic E-state index is 12.7. The van der Waals surface area contributed by atoms with Gasteiger partial charge in [0.25, 0.3) is 5.91 Å². The summed E-state index contributed by atoms with van der Waals surface area (Å²) in [6, 6.07) is 9.70. The Labute approximate surface area is 135 Å². The second-order valence-corrected chi connectivity index (χ2v) is 6.29. The SMILES string of the molecule is CN(Cc1ccco1)C(=O)c1ccc2[nH]c3c(c2c1)CCCC3. The van der Waals surface area contributed by atoms with Crippen molar-refractivity contribution >= 4 is 16.8 Å². The van der Waals surface area contributed by atoms with E-state index in [1.54, 1.807) is 11.2 Å². The quantitative estimate of drug-likeness (QED) is 0.797. The predicted octanol–water partition coefficient (Wildman–Crippen LogP) is 3.91. The summed E-state index contributed by atoms with van der Waals surface area (Å²) in [6.45, 7) is 0.481. The van der Waals surface area contributed by atoms with Gasteiger partial charge in [0.1, 0.15) is 5.76 Å². The zero-order valence-corrected chi connectivity index (χ0v) is 13.3. The van der Waals surface area contributed by atoms with E-state index >= 15 is 0 Å². The summed E-state index contributed by atoms with van der Waals surface area (Å²) in [5, 5.41) is 1.21. The van der Waals surface area contributed by atoms with Crippen LogP contribution in [0.3, 0.4) is 0 Å². The Morgan fingerprint density at radius 3 is 2.96 bits per heavy atom. The summed E-state index contributed by atoms with van der Waals surface area (Å²) in [6.07, 6.45) is 6.33. The molecule has 0 saturated heterocycles. The molecular weight excluding hydrogens is 288 g/mol. The average Bonchev–Trinajstić information content (AvgIpc) is 3.20. The number of carbonyl (C=O) groups is 1. The van der Waals surface area contributed by atoms with Crippen molar-refractivity contribution in [1.29, 1.82) is 0 Å². The lowest BCUT2D eigenvalue weighted by Gasteiger charge is -2.16. The Bertz CT molecular complexity index is 846. The minimum Gasteiger partial charge on any atom is -0.467 e. The van der Waals surface area contributed by atoms with Crippen LogP contribution in [0.2, 0.25) is 0 Å². The lowest BCUT2D eigenvalue weighted by atomic mass is 9.95. The number of aromatic amines is 1. The van der Waals surface area contributed by atoms with Crippen LogP contribution >= 0.6 is 0 Å². The number of fused-ring (bicyclic) bond motifs is 3. The molecule has 0 aliphatic heterocycles. The molecule has 3 aromatic rings. The number of hydrogen-bond donors (Lipinski definition) is 1. The van der Waals surface area contributed by atoms with Gasteiger partial charge in [-0.25, -0.2) is 0 Å². The number of aromatic nitrogens is 1. The molecule has 1 aromatic carbocycles. The first-order chi connectivity index (χ1) is 11.2. The molecule has 0 atom stereocenters. The Hall–Kier alpha value is -2.49. The van der Waals surface area contributed by atoms with E-state index in [-0.39, 0.29) is 5.91 Å². The topological polar surface area (TPSA) is 49.2 Å². The molecule has 1 aliphatic rings. The third-order valence-electron chi connectivity index (χ3n) is 4.66. The van der Waals surface area contributed by atoms with Crippen LogP contribution < -0.4 is 0 Å². The van der Waals surface area contributed by atoms with Crippen molar-refractivity contribution in [2.24, 2.45) is 0 Å². The summed E-state index contributed by atoms with van der Waals surface area (Å²) in [7, 11) is 1.81. The van der Waals surface area contributed by atoms with Crippen molar-refractivity contribution in [3.05, 3.63) is 59.2 Å². The van der Waals surface area contributed by atoms with E-state index in [0.29, 0.717) is 6.54 Å². The molecule has 2 heterocycles. The molecule has 1 aliphatic carbocycles. The molecule has 4 nitrogen and oxygen atoms in total. The number of benzene rings is 1. The molecule has 0 unspecified atom stereocenters. The van der Waals surface area contributed by atoms with Gasteiger partial charge >= 0.3 is 0 Å². The number of aryl methyl sites for hydroxylation is 2. The van der Waals surface area contributed by atoms with Crippen molar-refractivity contribution < 1.29 is 9.21 Å². The first-order valence-electron chi connectivity index (χ1n) is 8.14. The number of nitrogens with one attached hydrogen (secondary N) is 1. The lowest BCUT2D eigenvalue weighted by Crippen LogP contribution is -2.25. The predicted molar refractivity (Wildman–Crippen MR) is 89.4 cm³/mol. The standard InChI is InChI=1S/C19H20N2O2/c1-21(12-14-5-4-10-23-14)19(22)13-8-9-18-16(11-13)15-6-2-3-7-17(15)20-18/h4-5,8-11,20H,2-3,6-7,12H2,1H3. The third-order valence-corrected chi connectivity index (χ3v) is 4.66. The number of H-pyrrole nitrogens is 1. The summed E-state index contributed by atoms with van der Waals surface area (Å²) < 4.78 is 5.32. The number of hydrogen-bond acceptors (Lipinski definition) is 2. The second-order valence-electron chi connectivity index (χ2n) is 6.29. The minimum absolute atomic E-state index is 0.0223. The highest BCUT2D eigenvalue weighted by molar-refractivity contribution is 5.99. The van der Waals surface area contributed by atoms with Crippen LogP contribution in [0, 0.1) is 0 Å². The molecule has 4 rings (SSSR count). The van der Waals surface area contributed by atoms with Gasteiger partial charge in [0.05, 0.1) is 12.8 Å². The fourth-order valence-corrected chi connectivity index (χ4v) is 3.47. The van der Waals surface area contributed by atoms with Crippen molar-refractivity contribution in [2.45, 2.75) is 32.2 Å². The normalized spacial score (nSPS) is 14.0. The second kappa shape index (κ2) is 5.61. The van der Waals surface area contributed by atoms with Crippen molar-refractivity contribution in [2.75, 3.05) is 7.05 Å². The van der Waals surface area contributed by atoms with Crippen LogP contribution in [0.1, 0.15) is 40.2 Å². The van der Waals surface area contributed by atoms with E-state index in [0.717, 1.165) is 29.7 Å². The first kappa shape index (κ1) is 14.1. The fraction of sp³-hybridized carbons (Fsp3) is 0.316. The highest BCUT2D eigenvalue weighted by atomic mass is 16.3. The number of nitrogens with zero attached hydrogens (tertiary/aromatic N) is 1. The van der Waals surface area contributed by atoms with Gasteiger partial charge in [-0.2, -0.15) is 0 Å². The van der Waals surface area contributed by atoms with Crippen LogP contribution in [0.4, 0.5) is 0 Å². The number of carbonyl (C=O) groups excluding carboxylic acids is 1. The van der Waals surface area contributed by atoms with E-state index in [4.69, 9.17) is 4.42 Å². The highest BCUT2D eigenvalue weighted by Crippen LogP contribution is 2.30. The van der Waals surface area contributed by atoms with Crippen LogP contribution in [0.15, 0.2) is 41.0 Å². The molecule has 0 bridgehead atoms. The summed E-state index contributed by atoms with van der Waals surface area (Å²) in [5.74, 6) is 0.815. The summed E-state index contributed by atoms with van der Waals surface area (Å²) in [5.41, 5.74) is 4.62. The molecule has 1 N–H and O–H groups in total. The Morgan fingerprint density at radius 2 is 2.13 bits per heavy atom. The Morgan fingerprint density at radius 1 is 1.26 bits per heavy atom. The summed E-state index contributed by atoms with van der Waals surface area (Å²) >= 11 is 0. The molecule has 0 spiro atoms. The van der Waals surface area contributed by atoms with Crippen LogP contribution in [-0.4, -0.2) is 22.8 Å². The number of furan rings is 1. The molecule has 4 heteroatoms. The van der Waals surface area contributed by atoms with Gasteiger partial charge in [-0.05, 0) is 61.6 Å². The minimum atomic E-state index is 0.0223. The fourth-order valence-electron chi connectivity index (χ4n) is 3.47. The maximum atomic E-state index is 12.7. The van der Waals surface area contributed by atoms with Crippen LogP contribution in [0.25, 0.3) is 10.9 Å². The van der Waals surface area contributed by atoms with Gasteiger partial charge in [-0.3, -0.25) is 4.79 Å². The monoisotopic (exact) mass is 308 g/mol. The van der Waals surface area contributed by atoms with Gasteiger partial charge in [0.15, 0.2) is 0 Å². The molecule has 23 heavy (non-hydrogen) atoms. The molecule has 1 amide bonds. The van der Waals surface area contributed by atoms with Gasteiger partial charge in [-0.1, -0.05) is 0 Å². The average molecular weight is 308 g/mol. The van der Waals surface area contributed by atoms with E-state index < -0.39 is 0 Å². The van der Waals surface area contributed by atoms with Gasteiger partial charge < -0.3 is 14.3 Å². The smallest absolute Gasteiger partial charge is 0.254 e. The Balaban J connectivity index is 1.64. The van der Waals surface area contributed by atoms with E-state index in [1.807, 2.05) is 37.4 Å². The molecule has 2 aromatic heterocycles. The molecule has 0 radical (unpaired) electrons. The maximum Gasteiger partial charge on any atom is 0.254 e. The zero-order chi connectivity index (χ0) is 15.8. The highest BCUT2D eigenvalue weighted by Gasteiger charge is 2.18. The van der Waals surface area contributed by atoms with Gasteiger partial charge in [-0.15, -0.1) is 0 Å². The van der Waals surface area contributed by atoms with Crippen LogP contribution in [0.5, 0.6) is 0 Å². The number of amides is 1. The first-order valence-corrected chi connectivity index (χ1v) is 8.14. The van der Waals surface area contributed by atoms with E-state index in [1.165, 1.54) is 29.5 Å². The largest absolute Gasteiger partial charge is 0.467 e. The zero-order valence-electron chi connectivity index (χ0n) is 13.3. The Kier molecular flexibility index (Phi) is 3.45. The summed E-state index contributed by atoms with van der Waals surface area (Å²) in [4.78, 5) is 17.9. The molecule has 0 saturated carbocycles. The van der Waals surface area contributed by atoms with Crippen molar-refractivity contribution in [3.63, 3.8) is 0 Å². The van der Waals surface area contributed by atoms with Crippen molar-refractivity contribution in [3.8, 4) is 0 Å². The van der Waals surface area contributed by atoms with E-state index in [2.05, 4.69) is 4.98 Å². The molecule has 118 valence electrons. The van der Waals surface area contributed by atoms with Gasteiger partial charge in [0.2, 0.25) is 0 Å². The van der Waals surface area contributed by atoms with E-state index in [9.17, 15) is 4.79 Å². The molecular formula is C19H20N2O2.